The van der Waals surface area contributed by atoms with E-state index in [0.717, 1.165) is 52.3 Å². The first-order chi connectivity index (χ1) is 12.6. The van der Waals surface area contributed by atoms with Crippen LogP contribution < -0.4 is 0 Å². The fraction of sp³-hybridized carbons (Fsp3) is 0.238. The van der Waals surface area contributed by atoms with Gasteiger partial charge >= 0.3 is 0 Å². The van der Waals surface area contributed by atoms with E-state index in [4.69, 9.17) is 16.6 Å². The Morgan fingerprint density at radius 3 is 2.27 bits per heavy atom. The second-order valence-corrected chi connectivity index (χ2v) is 8.55. The van der Waals surface area contributed by atoms with Crippen LogP contribution in [0.1, 0.15) is 35.5 Å². The quantitative estimate of drug-likeness (QED) is 0.386. The Hall–Kier alpha value is -1.62. The van der Waals surface area contributed by atoms with Gasteiger partial charge in [0.1, 0.15) is 0 Å². The zero-order chi connectivity index (χ0) is 18.1. The van der Waals surface area contributed by atoms with Crippen LogP contribution in [0.5, 0.6) is 0 Å². The van der Waals surface area contributed by atoms with Gasteiger partial charge in [-0.15, -0.1) is 24.0 Å². The Morgan fingerprint density at radius 2 is 1.62 bits per heavy atom. The molecule has 132 valence electrons. The van der Waals surface area contributed by atoms with Crippen molar-refractivity contribution in [2.45, 2.75) is 30.6 Å². The van der Waals surface area contributed by atoms with Crippen LogP contribution in [0.2, 0.25) is 5.02 Å². The summed E-state index contributed by atoms with van der Waals surface area (Å²) in [5.41, 5.74) is 2.87. The molecule has 26 heavy (non-hydrogen) atoms. The number of thiazole rings is 1. The molecule has 1 saturated carbocycles. The van der Waals surface area contributed by atoms with E-state index in [1.165, 1.54) is 11.3 Å². The summed E-state index contributed by atoms with van der Waals surface area (Å²) in [4.78, 5) is 19.6. The molecule has 0 saturated heterocycles. The number of rotatable bonds is 4. The molecule has 0 radical (unpaired) electrons. The van der Waals surface area contributed by atoms with E-state index in [9.17, 15) is 4.79 Å². The van der Waals surface area contributed by atoms with E-state index in [1.54, 1.807) is 0 Å². The minimum absolute atomic E-state index is 0.131. The standard InChI is InChI=1S/C21H18ClNOS2/c22-16-9-5-13(6-10-16)18-20(15-7-11-17(25)12-8-15)26-21(23-18)19(24)14-3-1-2-4-14/h5-12,14,25H,1-4H2. The molecular formula is C21H18ClNOS2. The van der Waals surface area contributed by atoms with Crippen LogP contribution in [0.4, 0.5) is 0 Å². The molecule has 0 amide bonds. The highest BCUT2D eigenvalue weighted by Crippen LogP contribution is 2.39. The predicted molar refractivity (Wildman–Crippen MR) is 112 cm³/mol. The number of hydrogen-bond acceptors (Lipinski definition) is 4. The number of nitrogens with zero attached hydrogens (tertiary/aromatic N) is 1. The van der Waals surface area contributed by atoms with E-state index >= 15 is 0 Å². The van der Waals surface area contributed by atoms with Crippen molar-refractivity contribution < 1.29 is 4.79 Å². The molecule has 0 spiro atoms. The van der Waals surface area contributed by atoms with Crippen molar-refractivity contribution >= 4 is 41.3 Å². The molecule has 3 aromatic rings. The summed E-state index contributed by atoms with van der Waals surface area (Å²) >= 11 is 11.9. The molecule has 1 aromatic heterocycles. The van der Waals surface area contributed by atoms with Crippen molar-refractivity contribution in [1.29, 1.82) is 0 Å². The second-order valence-electron chi connectivity index (χ2n) is 6.60. The third-order valence-corrected chi connectivity index (χ3v) is 6.48. The summed E-state index contributed by atoms with van der Waals surface area (Å²) in [6, 6.07) is 15.6. The number of thiol groups is 1. The van der Waals surface area contributed by atoms with Gasteiger partial charge in [-0.05, 0) is 42.7 Å². The molecule has 0 aliphatic heterocycles. The number of benzene rings is 2. The minimum Gasteiger partial charge on any atom is -0.291 e. The Labute approximate surface area is 167 Å². The summed E-state index contributed by atoms with van der Waals surface area (Å²) in [6.45, 7) is 0. The van der Waals surface area contributed by atoms with Gasteiger partial charge in [0.25, 0.3) is 0 Å². The molecule has 1 heterocycles. The Kier molecular flexibility index (Phi) is 5.16. The van der Waals surface area contributed by atoms with Crippen molar-refractivity contribution in [1.82, 2.24) is 4.98 Å². The van der Waals surface area contributed by atoms with Gasteiger partial charge in [-0.2, -0.15) is 0 Å². The molecule has 2 nitrogen and oxygen atoms in total. The number of ketones is 1. The average Bonchev–Trinajstić information content (AvgIpc) is 3.33. The van der Waals surface area contributed by atoms with Gasteiger partial charge in [0.15, 0.2) is 10.8 Å². The third-order valence-electron chi connectivity index (χ3n) is 4.81. The van der Waals surface area contributed by atoms with E-state index in [1.807, 2.05) is 48.5 Å². The molecule has 0 bridgehead atoms. The molecule has 1 fully saturated rings. The number of aromatic nitrogens is 1. The summed E-state index contributed by atoms with van der Waals surface area (Å²) in [5.74, 6) is 0.326. The van der Waals surface area contributed by atoms with Gasteiger partial charge < -0.3 is 0 Å². The van der Waals surface area contributed by atoms with Crippen molar-refractivity contribution in [3.63, 3.8) is 0 Å². The number of Topliss-reactive ketones (excluding diaryl/α,β-unsaturated/α-hetero) is 1. The van der Waals surface area contributed by atoms with Crippen molar-refractivity contribution in [2.24, 2.45) is 5.92 Å². The molecule has 5 heteroatoms. The van der Waals surface area contributed by atoms with Crippen LogP contribution in [0.3, 0.4) is 0 Å². The zero-order valence-electron chi connectivity index (χ0n) is 14.1. The first kappa shape index (κ1) is 17.8. The van der Waals surface area contributed by atoms with E-state index in [0.29, 0.717) is 10.0 Å². The van der Waals surface area contributed by atoms with Crippen LogP contribution >= 0.6 is 35.6 Å². The highest BCUT2D eigenvalue weighted by molar-refractivity contribution is 7.80. The fourth-order valence-corrected chi connectivity index (χ4v) is 4.79. The van der Waals surface area contributed by atoms with Crippen molar-refractivity contribution in [3.05, 3.63) is 58.6 Å². The molecule has 2 aromatic carbocycles. The largest absolute Gasteiger partial charge is 0.291 e. The molecule has 0 atom stereocenters. The maximum absolute atomic E-state index is 12.9. The summed E-state index contributed by atoms with van der Waals surface area (Å²) in [5, 5.41) is 1.30. The molecular weight excluding hydrogens is 382 g/mol. The number of hydrogen-bond donors (Lipinski definition) is 1. The lowest BCUT2D eigenvalue weighted by molar-refractivity contribution is 0.0922. The summed E-state index contributed by atoms with van der Waals surface area (Å²) < 4.78 is 0. The SMILES string of the molecule is O=C(c1nc(-c2ccc(Cl)cc2)c(-c2ccc(S)cc2)s1)C1CCCC1. The monoisotopic (exact) mass is 399 g/mol. The van der Waals surface area contributed by atoms with Crippen LogP contribution in [0, 0.1) is 5.92 Å². The molecule has 0 unspecified atom stereocenters. The maximum atomic E-state index is 12.9. The first-order valence-electron chi connectivity index (χ1n) is 8.72. The Bertz CT molecular complexity index is 863. The Morgan fingerprint density at radius 1 is 1.00 bits per heavy atom. The topological polar surface area (TPSA) is 30.0 Å². The molecule has 4 rings (SSSR count). The van der Waals surface area contributed by atoms with Crippen LogP contribution in [-0.4, -0.2) is 10.8 Å². The van der Waals surface area contributed by atoms with Gasteiger partial charge in [0.05, 0.1) is 10.6 Å². The van der Waals surface area contributed by atoms with Crippen LogP contribution in [0.25, 0.3) is 21.7 Å². The van der Waals surface area contributed by atoms with Gasteiger partial charge in [-0.1, -0.05) is 48.7 Å². The van der Waals surface area contributed by atoms with E-state index < -0.39 is 0 Å². The van der Waals surface area contributed by atoms with E-state index in [-0.39, 0.29) is 11.7 Å². The van der Waals surface area contributed by atoms with Crippen molar-refractivity contribution in [2.75, 3.05) is 0 Å². The normalized spacial score (nSPS) is 14.7. The molecule has 1 aliphatic rings. The predicted octanol–water partition coefficient (Wildman–Crippen LogP) is 6.79. The van der Waals surface area contributed by atoms with Gasteiger partial charge in [-0.25, -0.2) is 4.98 Å². The second kappa shape index (κ2) is 7.55. The van der Waals surface area contributed by atoms with E-state index in [2.05, 4.69) is 12.6 Å². The average molecular weight is 400 g/mol. The third kappa shape index (κ3) is 3.59. The van der Waals surface area contributed by atoms with Crippen molar-refractivity contribution in [3.8, 4) is 21.7 Å². The van der Waals surface area contributed by atoms with Gasteiger partial charge in [-0.3, -0.25) is 4.79 Å². The maximum Gasteiger partial charge on any atom is 0.194 e. The lowest BCUT2D eigenvalue weighted by atomic mass is 10.0. The highest BCUT2D eigenvalue weighted by atomic mass is 35.5. The molecule has 0 N–H and O–H groups in total. The lowest BCUT2D eigenvalue weighted by Gasteiger charge is -2.03. The number of carbonyl (C=O) groups is 1. The zero-order valence-corrected chi connectivity index (χ0v) is 16.6. The smallest absolute Gasteiger partial charge is 0.194 e. The summed E-state index contributed by atoms with van der Waals surface area (Å²) in [6.07, 6.45) is 4.25. The highest BCUT2D eigenvalue weighted by Gasteiger charge is 2.28. The Balaban J connectivity index is 1.80. The first-order valence-corrected chi connectivity index (χ1v) is 10.4. The van der Waals surface area contributed by atoms with Crippen LogP contribution in [-0.2, 0) is 0 Å². The van der Waals surface area contributed by atoms with Gasteiger partial charge in [0, 0.05) is 21.4 Å². The van der Waals surface area contributed by atoms with Gasteiger partial charge in [0.2, 0.25) is 0 Å². The molecule has 1 aliphatic carbocycles. The number of carbonyl (C=O) groups excluding carboxylic acids is 1. The fourth-order valence-electron chi connectivity index (χ4n) is 3.40. The lowest BCUT2D eigenvalue weighted by Crippen LogP contribution is -2.10. The minimum atomic E-state index is 0.131. The van der Waals surface area contributed by atoms with Crippen LogP contribution in [0.15, 0.2) is 53.4 Å². The summed E-state index contributed by atoms with van der Waals surface area (Å²) in [7, 11) is 0. The number of halogens is 1.